The topological polar surface area (TPSA) is 79.8 Å². The Labute approximate surface area is 191 Å². The zero-order chi connectivity index (χ0) is 20.7. The Bertz CT molecular complexity index is 960. The molecule has 0 spiro atoms. The van der Waals surface area contributed by atoms with Gasteiger partial charge in [0.15, 0.2) is 15.8 Å². The van der Waals surface area contributed by atoms with Crippen molar-refractivity contribution >= 4 is 39.8 Å². The van der Waals surface area contributed by atoms with Gasteiger partial charge in [0.05, 0.1) is 18.6 Å². The number of hydrogen-bond donors (Lipinski definition) is 2. The van der Waals surface area contributed by atoms with E-state index in [1.54, 1.807) is 26.2 Å². The number of sulfone groups is 1. The molecule has 2 N–H and O–H groups in total. The minimum absolute atomic E-state index is 0. The monoisotopic (exact) mass is 531 g/mol. The molecule has 0 saturated heterocycles. The second-order valence-corrected chi connectivity index (χ2v) is 8.71. The summed E-state index contributed by atoms with van der Waals surface area (Å²) in [5, 5.41) is 6.54. The Kier molecular flexibility index (Phi) is 9.91. The predicted octanol–water partition coefficient (Wildman–Crippen LogP) is 3.59. The fourth-order valence-electron chi connectivity index (χ4n) is 2.90. The molecule has 0 bridgehead atoms. The van der Waals surface area contributed by atoms with Gasteiger partial charge in [-0.05, 0) is 55.2 Å². The van der Waals surface area contributed by atoms with Crippen LogP contribution in [-0.4, -0.2) is 34.3 Å². The summed E-state index contributed by atoms with van der Waals surface area (Å²) < 4.78 is 28.9. The van der Waals surface area contributed by atoms with Gasteiger partial charge in [-0.1, -0.05) is 24.3 Å². The Morgan fingerprint density at radius 2 is 1.72 bits per heavy atom. The van der Waals surface area contributed by atoms with Gasteiger partial charge in [-0.15, -0.1) is 24.0 Å². The number of ether oxygens (including phenoxy) is 1. The Balaban J connectivity index is 0.00000420. The fourth-order valence-corrected chi connectivity index (χ4v) is 3.86. The van der Waals surface area contributed by atoms with Crippen molar-refractivity contribution in [3.05, 3.63) is 58.7 Å². The Morgan fingerprint density at radius 1 is 1.03 bits per heavy atom. The molecule has 0 radical (unpaired) electrons. The molecule has 160 valence electrons. The summed E-state index contributed by atoms with van der Waals surface area (Å²) in [7, 11) is -1.54. The lowest BCUT2D eigenvalue weighted by Crippen LogP contribution is -2.36. The van der Waals surface area contributed by atoms with Crippen LogP contribution in [0.1, 0.15) is 29.2 Å². The van der Waals surface area contributed by atoms with Gasteiger partial charge in [-0.2, -0.15) is 0 Å². The van der Waals surface area contributed by atoms with Gasteiger partial charge in [0.2, 0.25) is 0 Å². The lowest BCUT2D eigenvalue weighted by atomic mass is 10.1. The SMILES string of the molecule is CCNC(=NCc1ccc(S(C)(=O)=O)c(C)c1)NCc1ccc(C)c(OC)c1.I. The normalized spacial score (nSPS) is 11.6. The van der Waals surface area contributed by atoms with Crippen LogP contribution in [0.3, 0.4) is 0 Å². The molecule has 0 amide bonds. The van der Waals surface area contributed by atoms with Crippen molar-refractivity contribution < 1.29 is 13.2 Å². The van der Waals surface area contributed by atoms with E-state index in [4.69, 9.17) is 4.74 Å². The van der Waals surface area contributed by atoms with E-state index in [1.165, 1.54) is 6.26 Å². The van der Waals surface area contributed by atoms with Crippen LogP contribution in [0.4, 0.5) is 0 Å². The minimum atomic E-state index is -3.21. The average Bonchev–Trinajstić information content (AvgIpc) is 2.64. The Hall–Kier alpha value is -1.81. The third kappa shape index (κ3) is 7.50. The van der Waals surface area contributed by atoms with Gasteiger partial charge >= 0.3 is 0 Å². The van der Waals surface area contributed by atoms with E-state index in [9.17, 15) is 8.42 Å². The molecule has 0 aromatic heterocycles. The van der Waals surface area contributed by atoms with Gasteiger partial charge in [-0.3, -0.25) is 0 Å². The summed E-state index contributed by atoms with van der Waals surface area (Å²) in [5.74, 6) is 1.56. The molecular formula is C21H30IN3O3S. The highest BCUT2D eigenvalue weighted by atomic mass is 127. The molecule has 0 aliphatic rings. The number of aliphatic imine (C=N–C) groups is 1. The van der Waals surface area contributed by atoms with Crippen LogP contribution >= 0.6 is 24.0 Å². The summed E-state index contributed by atoms with van der Waals surface area (Å²) in [6, 6.07) is 11.4. The van der Waals surface area contributed by atoms with Crippen molar-refractivity contribution in [2.24, 2.45) is 4.99 Å². The molecule has 0 unspecified atom stereocenters. The molecule has 0 fully saturated rings. The van der Waals surface area contributed by atoms with Crippen molar-refractivity contribution in [3.63, 3.8) is 0 Å². The van der Waals surface area contributed by atoms with E-state index >= 15 is 0 Å². The van der Waals surface area contributed by atoms with Gasteiger partial charge in [0.25, 0.3) is 0 Å². The maximum absolute atomic E-state index is 11.7. The molecule has 2 aromatic rings. The third-order valence-corrected chi connectivity index (χ3v) is 5.59. The number of rotatable bonds is 7. The van der Waals surface area contributed by atoms with E-state index in [0.717, 1.165) is 34.5 Å². The zero-order valence-corrected chi connectivity index (χ0v) is 20.7. The number of benzene rings is 2. The molecule has 8 heteroatoms. The molecule has 6 nitrogen and oxygen atoms in total. The van der Waals surface area contributed by atoms with Gasteiger partial charge < -0.3 is 15.4 Å². The molecule has 0 atom stereocenters. The van der Waals surface area contributed by atoms with Crippen molar-refractivity contribution in [2.45, 2.75) is 38.8 Å². The summed E-state index contributed by atoms with van der Waals surface area (Å²) in [6.45, 7) is 7.65. The Morgan fingerprint density at radius 3 is 2.31 bits per heavy atom. The number of hydrogen-bond acceptors (Lipinski definition) is 4. The largest absolute Gasteiger partial charge is 0.496 e. The maximum atomic E-state index is 11.7. The van der Waals surface area contributed by atoms with Gasteiger partial charge in [0.1, 0.15) is 5.75 Å². The number of methoxy groups -OCH3 is 1. The minimum Gasteiger partial charge on any atom is -0.496 e. The first-order valence-corrected chi connectivity index (χ1v) is 11.1. The van der Waals surface area contributed by atoms with Crippen LogP contribution in [0.15, 0.2) is 46.3 Å². The molecule has 2 aromatic carbocycles. The van der Waals surface area contributed by atoms with Gasteiger partial charge in [0, 0.05) is 19.3 Å². The number of aryl methyl sites for hydroxylation is 2. The molecule has 0 saturated carbocycles. The number of halogens is 1. The quantitative estimate of drug-likeness (QED) is 0.325. The number of nitrogens with zero attached hydrogens (tertiary/aromatic N) is 1. The first kappa shape index (κ1) is 25.2. The van der Waals surface area contributed by atoms with Crippen LogP contribution in [-0.2, 0) is 22.9 Å². The highest BCUT2D eigenvalue weighted by molar-refractivity contribution is 14.0. The van der Waals surface area contributed by atoms with E-state index in [0.29, 0.717) is 23.9 Å². The van der Waals surface area contributed by atoms with E-state index < -0.39 is 9.84 Å². The highest BCUT2D eigenvalue weighted by Gasteiger charge is 2.10. The van der Waals surface area contributed by atoms with Crippen molar-refractivity contribution in [1.29, 1.82) is 0 Å². The van der Waals surface area contributed by atoms with Crippen molar-refractivity contribution in [3.8, 4) is 5.75 Å². The molecule has 0 heterocycles. The molecule has 0 aliphatic carbocycles. The zero-order valence-electron chi connectivity index (χ0n) is 17.6. The van der Waals surface area contributed by atoms with Crippen LogP contribution in [0.25, 0.3) is 0 Å². The first-order chi connectivity index (χ1) is 13.2. The molecule has 29 heavy (non-hydrogen) atoms. The first-order valence-electron chi connectivity index (χ1n) is 9.20. The third-order valence-electron chi connectivity index (χ3n) is 4.34. The summed E-state index contributed by atoms with van der Waals surface area (Å²) in [5.41, 5.74) is 3.89. The average molecular weight is 531 g/mol. The fraction of sp³-hybridized carbons (Fsp3) is 0.381. The van der Waals surface area contributed by atoms with Crippen LogP contribution in [0.2, 0.25) is 0 Å². The molecular weight excluding hydrogens is 501 g/mol. The number of guanidine groups is 1. The molecule has 2 rings (SSSR count). The standard InChI is InChI=1S/C21H29N3O3S.HI/c1-6-22-21(24-14-18-8-7-15(2)19(12-18)27-4)23-13-17-9-10-20(16(3)11-17)28(5,25)26;/h7-12H,6,13-14H2,1-5H3,(H2,22,23,24);1H. The number of nitrogens with one attached hydrogen (secondary N) is 2. The lowest BCUT2D eigenvalue weighted by Gasteiger charge is -2.13. The van der Waals surface area contributed by atoms with E-state index in [2.05, 4.69) is 21.7 Å². The van der Waals surface area contributed by atoms with Crippen LogP contribution in [0.5, 0.6) is 5.75 Å². The van der Waals surface area contributed by atoms with Crippen molar-refractivity contribution in [1.82, 2.24) is 10.6 Å². The summed E-state index contributed by atoms with van der Waals surface area (Å²) >= 11 is 0. The van der Waals surface area contributed by atoms with Gasteiger partial charge in [-0.25, -0.2) is 13.4 Å². The predicted molar refractivity (Wildman–Crippen MR) is 129 cm³/mol. The highest BCUT2D eigenvalue weighted by Crippen LogP contribution is 2.19. The second-order valence-electron chi connectivity index (χ2n) is 6.72. The maximum Gasteiger partial charge on any atom is 0.191 e. The molecule has 0 aliphatic heterocycles. The lowest BCUT2D eigenvalue weighted by molar-refractivity contribution is 0.411. The second kappa shape index (κ2) is 11.4. The van der Waals surface area contributed by atoms with Crippen LogP contribution < -0.4 is 15.4 Å². The van der Waals surface area contributed by atoms with Crippen molar-refractivity contribution in [2.75, 3.05) is 19.9 Å². The smallest absolute Gasteiger partial charge is 0.191 e. The van der Waals surface area contributed by atoms with Crippen LogP contribution in [0, 0.1) is 13.8 Å². The van der Waals surface area contributed by atoms with E-state index in [1.807, 2.05) is 32.0 Å². The summed E-state index contributed by atoms with van der Waals surface area (Å²) in [4.78, 5) is 4.97. The van der Waals surface area contributed by atoms with E-state index in [-0.39, 0.29) is 24.0 Å². The summed E-state index contributed by atoms with van der Waals surface area (Å²) in [6.07, 6.45) is 1.22.